The van der Waals surface area contributed by atoms with Gasteiger partial charge in [-0.05, 0) is 58.4 Å². The van der Waals surface area contributed by atoms with Crippen molar-refractivity contribution in [1.82, 2.24) is 0 Å². The van der Waals surface area contributed by atoms with Crippen molar-refractivity contribution in [3.63, 3.8) is 0 Å². The number of fused-ring (bicyclic) bond motifs is 2. The van der Waals surface area contributed by atoms with E-state index in [1.807, 2.05) is 0 Å². The Balaban J connectivity index is 1.90. The van der Waals surface area contributed by atoms with Crippen molar-refractivity contribution in [3.05, 3.63) is 108 Å². The molecule has 0 fully saturated rings. The van der Waals surface area contributed by atoms with E-state index in [-0.39, 0.29) is 5.41 Å². The predicted octanol–water partition coefficient (Wildman–Crippen LogP) is 8.18. The van der Waals surface area contributed by atoms with Crippen molar-refractivity contribution in [1.29, 1.82) is 0 Å². The number of anilines is 2. The third kappa shape index (κ3) is 2.77. The number of hydrogen-bond donors (Lipinski definition) is 1. The molecule has 1 nitrogen and oxygen atoms in total. The molecule has 0 saturated heterocycles. The van der Waals surface area contributed by atoms with Gasteiger partial charge < -0.3 is 5.32 Å². The highest BCUT2D eigenvalue weighted by atomic mass is 14.9. The monoisotopic (exact) mass is 389 g/mol. The molecule has 4 aromatic rings. The summed E-state index contributed by atoms with van der Waals surface area (Å²) >= 11 is 0. The third-order valence-corrected chi connectivity index (χ3v) is 6.75. The highest BCUT2D eigenvalue weighted by Gasteiger charge is 2.40. The molecule has 1 N–H and O–H groups in total. The summed E-state index contributed by atoms with van der Waals surface area (Å²) in [7, 11) is 0. The molecule has 0 spiro atoms. The van der Waals surface area contributed by atoms with Gasteiger partial charge in [0, 0.05) is 16.8 Å². The van der Waals surface area contributed by atoms with Crippen LogP contribution in [0, 0.1) is 0 Å². The summed E-state index contributed by atoms with van der Waals surface area (Å²) < 4.78 is 0. The van der Waals surface area contributed by atoms with Crippen molar-refractivity contribution in [2.45, 2.75) is 32.1 Å². The van der Waals surface area contributed by atoms with Gasteiger partial charge in [0.2, 0.25) is 0 Å². The number of para-hydroxylation sites is 1. The second kappa shape index (κ2) is 7.50. The van der Waals surface area contributed by atoms with Crippen molar-refractivity contribution in [2.75, 3.05) is 5.32 Å². The van der Waals surface area contributed by atoms with E-state index in [9.17, 15) is 0 Å². The Labute approximate surface area is 179 Å². The molecule has 0 amide bonds. The smallest absolute Gasteiger partial charge is 0.0432 e. The van der Waals surface area contributed by atoms with Gasteiger partial charge in [-0.1, -0.05) is 98.8 Å². The van der Waals surface area contributed by atoms with Crippen molar-refractivity contribution in [3.8, 4) is 22.3 Å². The van der Waals surface area contributed by atoms with E-state index in [0.29, 0.717) is 0 Å². The molecule has 1 aliphatic rings. The zero-order valence-electron chi connectivity index (χ0n) is 17.7. The van der Waals surface area contributed by atoms with Gasteiger partial charge in [-0.25, -0.2) is 0 Å². The second-order valence-electron chi connectivity index (χ2n) is 8.10. The van der Waals surface area contributed by atoms with Crippen molar-refractivity contribution in [2.24, 2.45) is 0 Å². The average Bonchev–Trinajstić information content (AvgIpc) is 2.83. The van der Waals surface area contributed by atoms with E-state index >= 15 is 0 Å². The van der Waals surface area contributed by atoms with Crippen LogP contribution >= 0.6 is 0 Å². The molecule has 4 aromatic carbocycles. The minimum absolute atomic E-state index is 0.0207. The van der Waals surface area contributed by atoms with Gasteiger partial charge in [0.15, 0.2) is 0 Å². The number of nitrogens with one attached hydrogen (secondary N) is 1. The molecule has 0 aliphatic carbocycles. The molecule has 0 atom stereocenters. The van der Waals surface area contributed by atoms with Gasteiger partial charge in [0.1, 0.15) is 0 Å². The minimum atomic E-state index is -0.0207. The van der Waals surface area contributed by atoms with Crippen LogP contribution in [0.25, 0.3) is 22.3 Å². The Hall–Kier alpha value is -3.32. The molecule has 5 rings (SSSR count). The Kier molecular flexibility index (Phi) is 4.67. The molecule has 0 saturated carbocycles. The molecular weight excluding hydrogens is 362 g/mol. The molecular formula is C29H27N. The lowest BCUT2D eigenvalue weighted by molar-refractivity contribution is 0.479. The second-order valence-corrected chi connectivity index (χ2v) is 8.10. The van der Waals surface area contributed by atoms with Crippen LogP contribution in [0.15, 0.2) is 97.1 Å². The zero-order valence-corrected chi connectivity index (χ0v) is 17.7. The maximum atomic E-state index is 3.75. The maximum Gasteiger partial charge on any atom is 0.0432 e. The van der Waals surface area contributed by atoms with E-state index in [0.717, 1.165) is 12.8 Å². The van der Waals surface area contributed by atoms with Gasteiger partial charge >= 0.3 is 0 Å². The summed E-state index contributed by atoms with van der Waals surface area (Å²) in [5.41, 5.74) is 10.5. The topological polar surface area (TPSA) is 12.0 Å². The normalized spacial score (nSPS) is 13.8. The third-order valence-electron chi connectivity index (χ3n) is 6.75. The molecule has 0 bridgehead atoms. The first-order chi connectivity index (χ1) is 14.8. The minimum Gasteiger partial charge on any atom is -0.355 e. The lowest BCUT2D eigenvalue weighted by Crippen LogP contribution is -2.32. The summed E-state index contributed by atoms with van der Waals surface area (Å²) in [6.07, 6.45) is 2.13. The van der Waals surface area contributed by atoms with Crippen molar-refractivity contribution >= 4 is 11.4 Å². The predicted molar refractivity (Wildman–Crippen MR) is 128 cm³/mol. The Morgan fingerprint density at radius 3 is 1.87 bits per heavy atom. The van der Waals surface area contributed by atoms with E-state index in [1.165, 1.54) is 44.8 Å². The fourth-order valence-corrected chi connectivity index (χ4v) is 5.24. The Bertz CT molecular complexity index is 1170. The van der Waals surface area contributed by atoms with Crippen LogP contribution in [0.3, 0.4) is 0 Å². The lowest BCUT2D eigenvalue weighted by Gasteiger charge is -2.42. The van der Waals surface area contributed by atoms with Crippen LogP contribution in [0.1, 0.15) is 37.8 Å². The van der Waals surface area contributed by atoms with Gasteiger partial charge in [-0.3, -0.25) is 0 Å². The van der Waals surface area contributed by atoms with E-state index < -0.39 is 0 Å². The summed E-state index contributed by atoms with van der Waals surface area (Å²) in [6, 6.07) is 35.1. The van der Waals surface area contributed by atoms with Crippen molar-refractivity contribution < 1.29 is 0 Å². The van der Waals surface area contributed by atoms with Crippen LogP contribution in [0.2, 0.25) is 0 Å². The largest absolute Gasteiger partial charge is 0.355 e. The van der Waals surface area contributed by atoms with Gasteiger partial charge in [0.25, 0.3) is 0 Å². The highest BCUT2D eigenvalue weighted by molar-refractivity contribution is 5.93. The fourth-order valence-electron chi connectivity index (χ4n) is 5.24. The first-order valence-corrected chi connectivity index (χ1v) is 10.9. The zero-order chi connectivity index (χ0) is 20.6. The Morgan fingerprint density at radius 1 is 0.600 bits per heavy atom. The van der Waals surface area contributed by atoms with Gasteiger partial charge in [0.05, 0.1) is 0 Å². The van der Waals surface area contributed by atoms with Crippen LogP contribution in [0.5, 0.6) is 0 Å². The average molecular weight is 390 g/mol. The molecule has 0 unspecified atom stereocenters. The molecule has 1 aliphatic heterocycles. The summed E-state index contributed by atoms with van der Waals surface area (Å²) in [5, 5.41) is 3.75. The first-order valence-electron chi connectivity index (χ1n) is 10.9. The van der Waals surface area contributed by atoms with Crippen LogP contribution < -0.4 is 5.32 Å². The SMILES string of the molecule is CCC1(CC)c2ccccc2Nc2ccc(-c3ccccc3)c(-c3ccccc3)c21. The lowest BCUT2D eigenvalue weighted by atomic mass is 9.65. The summed E-state index contributed by atoms with van der Waals surface area (Å²) in [5.74, 6) is 0. The fraction of sp³-hybridized carbons (Fsp3) is 0.172. The molecule has 0 aromatic heterocycles. The highest BCUT2D eigenvalue weighted by Crippen LogP contribution is 2.54. The van der Waals surface area contributed by atoms with Crippen LogP contribution in [0.4, 0.5) is 11.4 Å². The number of rotatable bonds is 4. The maximum absolute atomic E-state index is 3.75. The summed E-state index contributed by atoms with van der Waals surface area (Å²) in [4.78, 5) is 0. The number of hydrogen-bond acceptors (Lipinski definition) is 1. The first kappa shape index (κ1) is 18.7. The standard InChI is InChI=1S/C29H27N/c1-3-29(4-2)24-17-11-12-18-25(24)30-26-20-19-23(21-13-7-5-8-14-21)27(28(26)29)22-15-9-6-10-16-22/h5-20,30H,3-4H2,1-2H3. The van der Waals surface area contributed by atoms with Gasteiger partial charge in [-0.2, -0.15) is 0 Å². The summed E-state index contributed by atoms with van der Waals surface area (Å²) in [6.45, 7) is 4.67. The molecule has 30 heavy (non-hydrogen) atoms. The molecule has 1 heterocycles. The molecule has 148 valence electrons. The van der Waals surface area contributed by atoms with Crippen LogP contribution in [-0.2, 0) is 5.41 Å². The molecule has 0 radical (unpaired) electrons. The quantitative estimate of drug-likeness (QED) is 0.371. The van der Waals surface area contributed by atoms with E-state index in [4.69, 9.17) is 0 Å². The Morgan fingerprint density at radius 2 is 1.20 bits per heavy atom. The van der Waals surface area contributed by atoms with Crippen LogP contribution in [-0.4, -0.2) is 0 Å². The number of benzene rings is 4. The van der Waals surface area contributed by atoms with E-state index in [2.05, 4.69) is 116 Å². The van der Waals surface area contributed by atoms with E-state index in [1.54, 1.807) is 0 Å². The molecule has 1 heteroatoms. The van der Waals surface area contributed by atoms with Gasteiger partial charge in [-0.15, -0.1) is 0 Å².